The van der Waals surface area contributed by atoms with Crippen molar-refractivity contribution in [3.05, 3.63) is 48.4 Å². The van der Waals surface area contributed by atoms with E-state index in [-0.39, 0.29) is 0 Å². The van der Waals surface area contributed by atoms with Crippen LogP contribution in [0.25, 0.3) is 0 Å². The van der Waals surface area contributed by atoms with E-state index in [1.807, 2.05) is 0 Å². The van der Waals surface area contributed by atoms with Crippen molar-refractivity contribution in [2.45, 2.75) is 0 Å². The number of carbonyl (C=O) groups is 1. The van der Waals surface area contributed by atoms with Crippen molar-refractivity contribution in [3.8, 4) is 11.5 Å². The molecule has 0 fully saturated rings. The number of benzene rings is 1. The minimum Gasteiger partial charge on any atom is -0.493 e. The molecule has 2 aromatic rings. The Bertz CT molecular complexity index is 474. The molecule has 4 heteroatoms. The summed E-state index contributed by atoms with van der Waals surface area (Å²) in [5, 5.41) is 0. The number of hydrogen-bond acceptors (Lipinski definition) is 4. The van der Waals surface area contributed by atoms with Crippen molar-refractivity contribution < 1.29 is 18.7 Å². The highest BCUT2D eigenvalue weighted by Gasteiger charge is 2.12. The summed E-state index contributed by atoms with van der Waals surface area (Å²) in [7, 11) is 1.52. The van der Waals surface area contributed by atoms with Crippen LogP contribution in [0.3, 0.4) is 0 Å². The molecule has 1 aromatic carbocycles. The average Bonchev–Trinajstić information content (AvgIpc) is 2.83. The molecule has 2 rings (SSSR count). The highest BCUT2D eigenvalue weighted by molar-refractivity contribution is 5.90. The second kappa shape index (κ2) is 4.53. The lowest BCUT2D eigenvalue weighted by Crippen LogP contribution is -2.07. The van der Waals surface area contributed by atoms with Crippen LogP contribution in [0.2, 0.25) is 0 Å². The molecule has 4 nitrogen and oxygen atoms in total. The molecule has 0 radical (unpaired) electrons. The minimum atomic E-state index is -0.474. The van der Waals surface area contributed by atoms with E-state index in [9.17, 15) is 4.79 Å². The third kappa shape index (κ3) is 2.06. The van der Waals surface area contributed by atoms with Crippen LogP contribution in [-0.4, -0.2) is 13.1 Å². The van der Waals surface area contributed by atoms with Gasteiger partial charge in [-0.15, -0.1) is 0 Å². The van der Waals surface area contributed by atoms with Crippen LogP contribution in [0.5, 0.6) is 11.5 Å². The second-order valence-electron chi connectivity index (χ2n) is 3.05. The zero-order valence-corrected chi connectivity index (χ0v) is 8.67. The average molecular weight is 218 g/mol. The first-order valence-electron chi connectivity index (χ1n) is 4.68. The molecule has 0 atom stereocenters. The topological polar surface area (TPSA) is 48.7 Å². The summed E-state index contributed by atoms with van der Waals surface area (Å²) in [6.45, 7) is 0. The van der Waals surface area contributed by atoms with Gasteiger partial charge in [0, 0.05) is 0 Å². The Labute approximate surface area is 92.4 Å². The Morgan fingerprint density at radius 3 is 2.56 bits per heavy atom. The van der Waals surface area contributed by atoms with Gasteiger partial charge < -0.3 is 13.9 Å². The van der Waals surface area contributed by atoms with E-state index in [4.69, 9.17) is 13.9 Å². The minimum absolute atomic E-state index is 0.367. The third-order valence-electron chi connectivity index (χ3n) is 2.03. The van der Waals surface area contributed by atoms with Crippen molar-refractivity contribution in [1.82, 2.24) is 0 Å². The van der Waals surface area contributed by atoms with Crippen molar-refractivity contribution in [2.24, 2.45) is 0 Å². The van der Waals surface area contributed by atoms with Crippen LogP contribution in [-0.2, 0) is 0 Å². The molecule has 0 saturated heterocycles. The highest BCUT2D eigenvalue weighted by Crippen LogP contribution is 2.26. The fourth-order valence-electron chi connectivity index (χ4n) is 1.24. The van der Waals surface area contributed by atoms with E-state index >= 15 is 0 Å². The Kier molecular flexibility index (Phi) is 2.91. The number of methoxy groups -OCH3 is 1. The van der Waals surface area contributed by atoms with Gasteiger partial charge in [0.25, 0.3) is 0 Å². The first-order valence-corrected chi connectivity index (χ1v) is 4.68. The monoisotopic (exact) mass is 218 g/mol. The van der Waals surface area contributed by atoms with Crippen molar-refractivity contribution in [1.29, 1.82) is 0 Å². The lowest BCUT2D eigenvalue weighted by Gasteiger charge is -2.07. The predicted molar refractivity (Wildman–Crippen MR) is 56.7 cm³/mol. The molecule has 0 amide bonds. The van der Waals surface area contributed by atoms with E-state index in [0.717, 1.165) is 0 Å². The predicted octanol–water partition coefficient (Wildman–Crippen LogP) is 2.51. The molecular weight excluding hydrogens is 208 g/mol. The molecule has 0 aliphatic carbocycles. The van der Waals surface area contributed by atoms with E-state index in [1.165, 1.54) is 25.7 Å². The number of para-hydroxylation sites is 2. The Morgan fingerprint density at radius 2 is 1.94 bits per heavy atom. The van der Waals surface area contributed by atoms with Gasteiger partial charge in [-0.2, -0.15) is 0 Å². The van der Waals surface area contributed by atoms with Crippen LogP contribution < -0.4 is 9.47 Å². The first-order chi connectivity index (χ1) is 7.81. The number of rotatable bonds is 3. The fourth-order valence-corrected chi connectivity index (χ4v) is 1.24. The maximum atomic E-state index is 11.6. The number of ether oxygens (including phenoxy) is 2. The summed E-state index contributed by atoms with van der Waals surface area (Å²) in [4.78, 5) is 11.6. The number of furan rings is 1. The van der Waals surface area contributed by atoms with E-state index < -0.39 is 5.97 Å². The lowest BCUT2D eigenvalue weighted by molar-refractivity contribution is 0.0729. The standard InChI is InChI=1S/C12H10O4/c1-14-10-4-2-3-5-11(10)16-12(13)9-6-7-15-8-9/h2-8H,1H3. The smallest absolute Gasteiger partial charge is 0.346 e. The van der Waals surface area contributed by atoms with Crippen LogP contribution in [0, 0.1) is 0 Å². The van der Waals surface area contributed by atoms with E-state index in [1.54, 1.807) is 24.3 Å². The summed E-state index contributed by atoms with van der Waals surface area (Å²) in [6, 6.07) is 8.49. The van der Waals surface area contributed by atoms with Gasteiger partial charge in [0.15, 0.2) is 11.5 Å². The van der Waals surface area contributed by atoms with Crippen molar-refractivity contribution in [3.63, 3.8) is 0 Å². The fraction of sp³-hybridized carbons (Fsp3) is 0.0833. The summed E-state index contributed by atoms with van der Waals surface area (Å²) in [5.74, 6) is 0.425. The maximum Gasteiger partial charge on any atom is 0.346 e. The molecule has 82 valence electrons. The van der Waals surface area contributed by atoms with Crippen LogP contribution in [0.1, 0.15) is 10.4 Å². The summed E-state index contributed by atoms with van der Waals surface area (Å²) in [6.07, 6.45) is 2.75. The summed E-state index contributed by atoms with van der Waals surface area (Å²) in [5.41, 5.74) is 0.367. The SMILES string of the molecule is COc1ccccc1OC(=O)c1ccoc1. The summed E-state index contributed by atoms with van der Waals surface area (Å²) < 4.78 is 15.0. The Morgan fingerprint density at radius 1 is 1.19 bits per heavy atom. The van der Waals surface area contributed by atoms with E-state index in [2.05, 4.69) is 0 Å². The first kappa shape index (κ1) is 10.3. The molecule has 0 aliphatic rings. The van der Waals surface area contributed by atoms with Crippen molar-refractivity contribution in [2.75, 3.05) is 7.11 Å². The Hall–Kier alpha value is -2.23. The van der Waals surface area contributed by atoms with Gasteiger partial charge in [-0.05, 0) is 18.2 Å². The van der Waals surface area contributed by atoms with Crippen LogP contribution in [0.15, 0.2) is 47.3 Å². The molecular formula is C12H10O4. The molecule has 0 unspecified atom stereocenters. The third-order valence-corrected chi connectivity index (χ3v) is 2.03. The van der Waals surface area contributed by atoms with Gasteiger partial charge >= 0.3 is 5.97 Å². The molecule has 16 heavy (non-hydrogen) atoms. The normalized spacial score (nSPS) is 9.81. The number of carbonyl (C=O) groups excluding carboxylic acids is 1. The van der Waals surface area contributed by atoms with E-state index in [0.29, 0.717) is 17.1 Å². The molecule has 0 aliphatic heterocycles. The quantitative estimate of drug-likeness (QED) is 0.586. The molecule has 0 bridgehead atoms. The summed E-state index contributed by atoms with van der Waals surface area (Å²) >= 11 is 0. The number of hydrogen-bond donors (Lipinski definition) is 0. The zero-order chi connectivity index (χ0) is 11.4. The Balaban J connectivity index is 2.18. The zero-order valence-electron chi connectivity index (χ0n) is 8.67. The van der Waals surface area contributed by atoms with Crippen LogP contribution in [0.4, 0.5) is 0 Å². The molecule has 0 N–H and O–H groups in total. The lowest BCUT2D eigenvalue weighted by atomic mass is 10.3. The van der Waals surface area contributed by atoms with Gasteiger partial charge in [0.2, 0.25) is 0 Å². The molecule has 0 saturated carbocycles. The highest BCUT2D eigenvalue weighted by atomic mass is 16.6. The largest absolute Gasteiger partial charge is 0.493 e. The molecule has 0 spiro atoms. The van der Waals surface area contributed by atoms with Gasteiger partial charge in [-0.3, -0.25) is 0 Å². The number of esters is 1. The second-order valence-corrected chi connectivity index (χ2v) is 3.05. The van der Waals surface area contributed by atoms with Crippen LogP contribution >= 0.6 is 0 Å². The molecule has 1 heterocycles. The van der Waals surface area contributed by atoms with Gasteiger partial charge in [0.1, 0.15) is 6.26 Å². The van der Waals surface area contributed by atoms with Gasteiger partial charge in [-0.1, -0.05) is 12.1 Å². The molecule has 1 aromatic heterocycles. The van der Waals surface area contributed by atoms with Gasteiger partial charge in [-0.25, -0.2) is 4.79 Å². The van der Waals surface area contributed by atoms with Crippen molar-refractivity contribution >= 4 is 5.97 Å². The maximum absolute atomic E-state index is 11.6. The van der Waals surface area contributed by atoms with Gasteiger partial charge in [0.05, 0.1) is 18.9 Å².